The predicted octanol–water partition coefficient (Wildman–Crippen LogP) is 2.63. The minimum atomic E-state index is 0.0130. The summed E-state index contributed by atoms with van der Waals surface area (Å²) in [4.78, 5) is 31.6. The van der Waals surface area contributed by atoms with Gasteiger partial charge in [0, 0.05) is 38.8 Å². The van der Waals surface area contributed by atoms with Gasteiger partial charge in [-0.3, -0.25) is 9.59 Å². The van der Waals surface area contributed by atoms with Gasteiger partial charge in [-0.05, 0) is 37.5 Å². The third kappa shape index (κ3) is 4.50. The van der Waals surface area contributed by atoms with Gasteiger partial charge in [0.05, 0.1) is 0 Å². The summed E-state index contributed by atoms with van der Waals surface area (Å²) in [6.07, 6.45) is 3.87. The molecular weight excluding hydrogens is 314 g/mol. The molecule has 25 heavy (non-hydrogen) atoms. The first-order valence-electron chi connectivity index (χ1n) is 8.89. The van der Waals surface area contributed by atoms with Crippen LogP contribution in [-0.4, -0.2) is 52.8 Å². The SMILES string of the molecule is Cc1cccc(CCC(=O)N2CCCN(C(=O)c3ccc[nH]3)CC2)c1. The third-order valence-corrected chi connectivity index (χ3v) is 4.67. The van der Waals surface area contributed by atoms with E-state index in [1.165, 1.54) is 11.1 Å². The van der Waals surface area contributed by atoms with Gasteiger partial charge in [-0.2, -0.15) is 0 Å². The maximum atomic E-state index is 12.5. The summed E-state index contributed by atoms with van der Waals surface area (Å²) in [5, 5.41) is 0. The van der Waals surface area contributed by atoms with Crippen LogP contribution in [0.4, 0.5) is 0 Å². The average molecular weight is 339 g/mol. The lowest BCUT2D eigenvalue weighted by Crippen LogP contribution is -2.37. The Bertz CT molecular complexity index is 724. The summed E-state index contributed by atoms with van der Waals surface area (Å²) >= 11 is 0. The van der Waals surface area contributed by atoms with Crippen molar-refractivity contribution < 1.29 is 9.59 Å². The maximum Gasteiger partial charge on any atom is 0.270 e. The van der Waals surface area contributed by atoms with E-state index in [-0.39, 0.29) is 11.8 Å². The van der Waals surface area contributed by atoms with Crippen molar-refractivity contribution in [2.24, 2.45) is 0 Å². The summed E-state index contributed by atoms with van der Waals surface area (Å²) in [6, 6.07) is 11.9. The fourth-order valence-corrected chi connectivity index (χ4v) is 3.28. The van der Waals surface area contributed by atoms with E-state index < -0.39 is 0 Å². The molecule has 2 amide bonds. The minimum absolute atomic E-state index is 0.0130. The van der Waals surface area contributed by atoms with Crippen molar-refractivity contribution in [3.8, 4) is 0 Å². The second-order valence-electron chi connectivity index (χ2n) is 6.60. The molecule has 1 saturated heterocycles. The Morgan fingerprint density at radius 3 is 2.60 bits per heavy atom. The molecule has 1 fully saturated rings. The molecule has 1 aliphatic heterocycles. The number of hydrogen-bond acceptors (Lipinski definition) is 2. The van der Waals surface area contributed by atoms with Gasteiger partial charge in [0.15, 0.2) is 0 Å². The lowest BCUT2D eigenvalue weighted by molar-refractivity contribution is -0.131. The molecule has 1 aromatic heterocycles. The number of hydrogen-bond donors (Lipinski definition) is 1. The molecule has 1 N–H and O–H groups in total. The number of nitrogens with zero attached hydrogens (tertiary/aromatic N) is 2. The van der Waals surface area contributed by atoms with Crippen LogP contribution in [-0.2, 0) is 11.2 Å². The highest BCUT2D eigenvalue weighted by molar-refractivity contribution is 5.92. The number of aryl methyl sites for hydroxylation is 2. The quantitative estimate of drug-likeness (QED) is 0.931. The van der Waals surface area contributed by atoms with Crippen LogP contribution in [0.25, 0.3) is 0 Å². The van der Waals surface area contributed by atoms with Gasteiger partial charge in [0.1, 0.15) is 5.69 Å². The Morgan fingerprint density at radius 1 is 1.04 bits per heavy atom. The molecule has 5 heteroatoms. The zero-order valence-electron chi connectivity index (χ0n) is 14.7. The molecule has 0 spiro atoms. The van der Waals surface area contributed by atoms with Crippen LogP contribution in [0.1, 0.15) is 34.5 Å². The second kappa shape index (κ2) is 8.01. The van der Waals surface area contributed by atoms with Crippen LogP contribution in [0.3, 0.4) is 0 Å². The van der Waals surface area contributed by atoms with Gasteiger partial charge in [-0.15, -0.1) is 0 Å². The van der Waals surface area contributed by atoms with Crippen molar-refractivity contribution in [3.63, 3.8) is 0 Å². The van der Waals surface area contributed by atoms with Gasteiger partial charge < -0.3 is 14.8 Å². The summed E-state index contributed by atoms with van der Waals surface area (Å²) in [6.45, 7) is 4.68. The molecule has 0 radical (unpaired) electrons. The van der Waals surface area contributed by atoms with Gasteiger partial charge in [-0.25, -0.2) is 0 Å². The summed E-state index contributed by atoms with van der Waals surface area (Å²) in [7, 11) is 0. The number of rotatable bonds is 4. The van der Waals surface area contributed by atoms with Crippen LogP contribution >= 0.6 is 0 Å². The molecular formula is C20H25N3O2. The Balaban J connectivity index is 1.52. The van der Waals surface area contributed by atoms with Crippen LogP contribution in [0.2, 0.25) is 0 Å². The van der Waals surface area contributed by atoms with Crippen LogP contribution in [0.5, 0.6) is 0 Å². The summed E-state index contributed by atoms with van der Waals surface area (Å²) in [5.74, 6) is 0.190. The fourth-order valence-electron chi connectivity index (χ4n) is 3.28. The van der Waals surface area contributed by atoms with Crippen LogP contribution in [0, 0.1) is 6.92 Å². The van der Waals surface area contributed by atoms with Crippen molar-refractivity contribution in [2.45, 2.75) is 26.2 Å². The topological polar surface area (TPSA) is 56.4 Å². The lowest BCUT2D eigenvalue weighted by atomic mass is 10.1. The highest BCUT2D eigenvalue weighted by Crippen LogP contribution is 2.11. The van der Waals surface area contributed by atoms with E-state index in [9.17, 15) is 9.59 Å². The third-order valence-electron chi connectivity index (χ3n) is 4.67. The number of amides is 2. The first-order valence-corrected chi connectivity index (χ1v) is 8.89. The Kier molecular flexibility index (Phi) is 5.53. The molecule has 0 atom stereocenters. The molecule has 2 aromatic rings. The molecule has 5 nitrogen and oxygen atoms in total. The number of carbonyl (C=O) groups is 2. The Labute approximate surface area is 148 Å². The van der Waals surface area contributed by atoms with Crippen molar-refractivity contribution >= 4 is 11.8 Å². The van der Waals surface area contributed by atoms with E-state index in [1.54, 1.807) is 12.3 Å². The van der Waals surface area contributed by atoms with Crippen molar-refractivity contribution in [2.75, 3.05) is 26.2 Å². The smallest absolute Gasteiger partial charge is 0.270 e. The van der Waals surface area contributed by atoms with Crippen molar-refractivity contribution in [1.82, 2.24) is 14.8 Å². The van der Waals surface area contributed by atoms with E-state index in [2.05, 4.69) is 30.1 Å². The molecule has 0 bridgehead atoms. The lowest BCUT2D eigenvalue weighted by Gasteiger charge is -2.22. The molecule has 1 aromatic carbocycles. The van der Waals surface area contributed by atoms with Crippen LogP contribution < -0.4 is 0 Å². The largest absolute Gasteiger partial charge is 0.357 e. The fraction of sp³-hybridized carbons (Fsp3) is 0.400. The molecule has 0 saturated carbocycles. The van der Waals surface area contributed by atoms with E-state index in [1.807, 2.05) is 21.9 Å². The number of nitrogens with one attached hydrogen (secondary N) is 1. The first kappa shape index (κ1) is 17.3. The molecule has 0 aliphatic carbocycles. The summed E-state index contributed by atoms with van der Waals surface area (Å²) < 4.78 is 0. The number of H-pyrrole nitrogens is 1. The number of benzene rings is 1. The predicted molar refractivity (Wildman–Crippen MR) is 97.4 cm³/mol. The Morgan fingerprint density at radius 2 is 1.84 bits per heavy atom. The molecule has 3 rings (SSSR count). The van der Waals surface area contributed by atoms with Gasteiger partial charge in [0.2, 0.25) is 5.91 Å². The maximum absolute atomic E-state index is 12.5. The standard InChI is InChI=1S/C20H25N3O2/c1-16-5-2-6-17(15-16)8-9-19(24)22-11-4-12-23(14-13-22)20(25)18-7-3-10-21-18/h2-3,5-7,10,15,21H,4,8-9,11-14H2,1H3. The van der Waals surface area contributed by atoms with E-state index >= 15 is 0 Å². The highest BCUT2D eigenvalue weighted by atomic mass is 16.2. The number of aromatic nitrogens is 1. The molecule has 0 unspecified atom stereocenters. The van der Waals surface area contributed by atoms with Crippen LogP contribution in [0.15, 0.2) is 42.6 Å². The summed E-state index contributed by atoms with van der Waals surface area (Å²) in [5.41, 5.74) is 3.03. The number of carbonyl (C=O) groups excluding carboxylic acids is 2. The van der Waals surface area contributed by atoms with Crippen molar-refractivity contribution in [3.05, 3.63) is 59.4 Å². The zero-order chi connectivity index (χ0) is 17.6. The normalized spacial score (nSPS) is 15.1. The molecule has 132 valence electrons. The monoisotopic (exact) mass is 339 g/mol. The second-order valence-corrected chi connectivity index (χ2v) is 6.60. The molecule has 1 aliphatic rings. The molecule has 2 heterocycles. The Hall–Kier alpha value is -2.56. The minimum Gasteiger partial charge on any atom is -0.357 e. The van der Waals surface area contributed by atoms with Gasteiger partial charge >= 0.3 is 0 Å². The van der Waals surface area contributed by atoms with E-state index in [4.69, 9.17) is 0 Å². The highest BCUT2D eigenvalue weighted by Gasteiger charge is 2.22. The van der Waals surface area contributed by atoms with Crippen molar-refractivity contribution in [1.29, 1.82) is 0 Å². The van der Waals surface area contributed by atoms with E-state index in [0.717, 1.165) is 19.4 Å². The van der Waals surface area contributed by atoms with Gasteiger partial charge in [-0.1, -0.05) is 29.8 Å². The first-order chi connectivity index (χ1) is 12.1. The number of aromatic amines is 1. The van der Waals surface area contributed by atoms with Gasteiger partial charge in [0.25, 0.3) is 5.91 Å². The average Bonchev–Trinajstić information content (AvgIpc) is 3.03. The zero-order valence-corrected chi connectivity index (χ0v) is 14.7. The van der Waals surface area contributed by atoms with E-state index in [0.29, 0.717) is 31.7 Å².